The van der Waals surface area contributed by atoms with E-state index >= 15 is 0 Å². The molecule has 0 unspecified atom stereocenters. The van der Waals surface area contributed by atoms with Crippen molar-refractivity contribution >= 4 is 23.1 Å². The summed E-state index contributed by atoms with van der Waals surface area (Å²) in [5, 5.41) is 3.63. The molecule has 0 saturated carbocycles. The summed E-state index contributed by atoms with van der Waals surface area (Å²) >= 11 is 6.01. The second-order valence-electron chi connectivity index (χ2n) is 4.62. The summed E-state index contributed by atoms with van der Waals surface area (Å²) in [6, 6.07) is 13.1. The summed E-state index contributed by atoms with van der Waals surface area (Å²) in [6.07, 6.45) is 3.12. The number of hydrogen-bond acceptors (Lipinski definition) is 2. The fourth-order valence-electron chi connectivity index (χ4n) is 1.78. The van der Waals surface area contributed by atoms with Gasteiger partial charge in [0, 0.05) is 17.8 Å². The number of anilines is 1. The summed E-state index contributed by atoms with van der Waals surface area (Å²) in [7, 11) is 0. The molecule has 0 amide bonds. The van der Waals surface area contributed by atoms with Gasteiger partial charge < -0.3 is 5.32 Å². The topological polar surface area (TPSA) is 29.1 Å². The van der Waals surface area contributed by atoms with E-state index in [1.165, 1.54) is 11.6 Å². The molecule has 3 heteroatoms. The van der Waals surface area contributed by atoms with Crippen molar-refractivity contribution in [2.45, 2.75) is 13.8 Å². The molecule has 1 N–H and O–H groups in total. The maximum absolute atomic E-state index is 12.0. The average Bonchev–Trinajstić information content (AvgIpc) is 2.44. The van der Waals surface area contributed by atoms with Gasteiger partial charge in [-0.05, 0) is 43.2 Å². The van der Waals surface area contributed by atoms with Crippen LogP contribution in [0.15, 0.2) is 54.7 Å². The summed E-state index contributed by atoms with van der Waals surface area (Å²) in [6.45, 7) is 4.02. The van der Waals surface area contributed by atoms with Crippen LogP contribution in [0.5, 0.6) is 0 Å². The molecule has 0 bridgehead atoms. The molecular formula is C17H16ClNO. The van der Waals surface area contributed by atoms with Gasteiger partial charge in [0.2, 0.25) is 0 Å². The lowest BCUT2D eigenvalue weighted by atomic mass is 10.0. The molecule has 20 heavy (non-hydrogen) atoms. The van der Waals surface area contributed by atoms with Crippen molar-refractivity contribution in [3.8, 4) is 0 Å². The molecule has 2 aromatic carbocycles. The van der Waals surface area contributed by atoms with E-state index in [1.54, 1.807) is 12.3 Å². The lowest BCUT2D eigenvalue weighted by molar-refractivity contribution is 0.104. The predicted octanol–water partition coefficient (Wildman–Crippen LogP) is 4.77. The Morgan fingerprint density at radius 3 is 2.55 bits per heavy atom. The van der Waals surface area contributed by atoms with Gasteiger partial charge in [-0.2, -0.15) is 0 Å². The maximum Gasteiger partial charge on any atom is 0.187 e. The molecule has 2 aromatic rings. The zero-order valence-corrected chi connectivity index (χ0v) is 12.2. The Kier molecular flexibility index (Phi) is 4.59. The van der Waals surface area contributed by atoms with Gasteiger partial charge in [0.1, 0.15) is 0 Å². The Balaban J connectivity index is 2.06. The van der Waals surface area contributed by atoms with Crippen molar-refractivity contribution in [3.05, 3.63) is 76.5 Å². The Morgan fingerprint density at radius 2 is 1.85 bits per heavy atom. The van der Waals surface area contributed by atoms with Crippen LogP contribution < -0.4 is 5.32 Å². The summed E-state index contributed by atoms with van der Waals surface area (Å²) in [5.74, 6) is -0.0346. The number of rotatable bonds is 4. The first-order chi connectivity index (χ1) is 9.58. The number of allylic oxidation sites excluding steroid dienone is 1. The quantitative estimate of drug-likeness (QED) is 0.648. The monoisotopic (exact) mass is 285 g/mol. The van der Waals surface area contributed by atoms with Gasteiger partial charge >= 0.3 is 0 Å². The summed E-state index contributed by atoms with van der Waals surface area (Å²) in [4.78, 5) is 12.0. The molecule has 0 aromatic heterocycles. The lowest BCUT2D eigenvalue weighted by Crippen LogP contribution is -1.97. The standard InChI is InChI=1S/C17H16ClNO/c1-12-7-8-14(11-13(12)2)17(20)9-10-19-16-6-4-3-5-15(16)18/h3-11,19H,1-2H3. The van der Waals surface area contributed by atoms with Gasteiger partial charge in [-0.15, -0.1) is 0 Å². The molecule has 0 heterocycles. The molecule has 0 radical (unpaired) electrons. The largest absolute Gasteiger partial charge is 0.360 e. The SMILES string of the molecule is Cc1ccc(C(=O)C=CNc2ccccc2Cl)cc1C. The Morgan fingerprint density at radius 1 is 1.10 bits per heavy atom. The number of carbonyl (C=O) groups excluding carboxylic acids is 1. The molecule has 0 spiro atoms. The zero-order valence-electron chi connectivity index (χ0n) is 11.5. The number of ketones is 1. The van der Waals surface area contributed by atoms with Crippen molar-refractivity contribution in [2.24, 2.45) is 0 Å². The minimum atomic E-state index is -0.0346. The Bertz CT molecular complexity index is 662. The van der Waals surface area contributed by atoms with Crippen LogP contribution in [-0.4, -0.2) is 5.78 Å². The predicted molar refractivity (Wildman–Crippen MR) is 84.5 cm³/mol. The molecule has 0 aliphatic rings. The van der Waals surface area contributed by atoms with E-state index < -0.39 is 0 Å². The van der Waals surface area contributed by atoms with Crippen LogP contribution in [0, 0.1) is 13.8 Å². The molecule has 102 valence electrons. The van der Waals surface area contributed by atoms with Gasteiger partial charge in [-0.3, -0.25) is 4.79 Å². The second kappa shape index (κ2) is 6.40. The number of aryl methyl sites for hydroxylation is 2. The van der Waals surface area contributed by atoms with Gasteiger partial charge in [0.05, 0.1) is 10.7 Å². The van der Waals surface area contributed by atoms with Crippen LogP contribution in [-0.2, 0) is 0 Å². The van der Waals surface area contributed by atoms with Gasteiger partial charge in [-0.1, -0.05) is 35.9 Å². The number of hydrogen-bond donors (Lipinski definition) is 1. The third-order valence-corrected chi connectivity index (χ3v) is 3.47. The molecular weight excluding hydrogens is 270 g/mol. The first kappa shape index (κ1) is 14.4. The molecule has 0 saturated heterocycles. The average molecular weight is 286 g/mol. The van der Waals surface area contributed by atoms with Crippen molar-refractivity contribution in [1.82, 2.24) is 0 Å². The highest BCUT2D eigenvalue weighted by atomic mass is 35.5. The van der Waals surface area contributed by atoms with Crippen LogP contribution >= 0.6 is 11.6 Å². The smallest absolute Gasteiger partial charge is 0.187 e. The van der Waals surface area contributed by atoms with E-state index in [-0.39, 0.29) is 5.78 Å². The second-order valence-corrected chi connectivity index (χ2v) is 5.03. The first-order valence-electron chi connectivity index (χ1n) is 6.37. The van der Waals surface area contributed by atoms with E-state index in [1.807, 2.05) is 50.2 Å². The summed E-state index contributed by atoms with van der Waals surface area (Å²) < 4.78 is 0. The van der Waals surface area contributed by atoms with Crippen LogP contribution in [0.4, 0.5) is 5.69 Å². The first-order valence-corrected chi connectivity index (χ1v) is 6.75. The van der Waals surface area contributed by atoms with Gasteiger partial charge in [-0.25, -0.2) is 0 Å². The van der Waals surface area contributed by atoms with Crippen LogP contribution in [0.25, 0.3) is 0 Å². The number of halogens is 1. The van der Waals surface area contributed by atoms with Crippen molar-refractivity contribution < 1.29 is 4.79 Å². The number of nitrogens with one attached hydrogen (secondary N) is 1. The molecule has 0 atom stereocenters. The molecule has 2 rings (SSSR count). The zero-order chi connectivity index (χ0) is 14.5. The third-order valence-electron chi connectivity index (χ3n) is 3.14. The Labute approximate surface area is 124 Å². The van der Waals surface area contributed by atoms with Crippen molar-refractivity contribution in [2.75, 3.05) is 5.32 Å². The number of benzene rings is 2. The normalized spacial score (nSPS) is 10.8. The van der Waals surface area contributed by atoms with E-state index in [2.05, 4.69) is 5.32 Å². The van der Waals surface area contributed by atoms with Crippen LogP contribution in [0.2, 0.25) is 5.02 Å². The highest BCUT2D eigenvalue weighted by molar-refractivity contribution is 6.33. The van der Waals surface area contributed by atoms with Crippen LogP contribution in [0.1, 0.15) is 21.5 Å². The van der Waals surface area contributed by atoms with E-state index in [0.29, 0.717) is 10.6 Å². The van der Waals surface area contributed by atoms with Crippen molar-refractivity contribution in [1.29, 1.82) is 0 Å². The number of para-hydroxylation sites is 1. The van der Waals surface area contributed by atoms with E-state index in [4.69, 9.17) is 11.6 Å². The highest BCUT2D eigenvalue weighted by Gasteiger charge is 2.03. The molecule has 0 aliphatic carbocycles. The fourth-order valence-corrected chi connectivity index (χ4v) is 1.97. The molecule has 0 fully saturated rings. The molecule has 2 nitrogen and oxygen atoms in total. The van der Waals surface area contributed by atoms with E-state index in [0.717, 1.165) is 11.3 Å². The van der Waals surface area contributed by atoms with Crippen molar-refractivity contribution in [3.63, 3.8) is 0 Å². The highest BCUT2D eigenvalue weighted by Crippen LogP contribution is 2.20. The third kappa shape index (κ3) is 3.49. The maximum atomic E-state index is 12.0. The minimum Gasteiger partial charge on any atom is -0.360 e. The summed E-state index contributed by atoms with van der Waals surface area (Å²) in [5.41, 5.74) is 3.76. The van der Waals surface area contributed by atoms with E-state index in [9.17, 15) is 4.79 Å². The van der Waals surface area contributed by atoms with Crippen LogP contribution in [0.3, 0.4) is 0 Å². The number of carbonyl (C=O) groups is 1. The van der Waals surface area contributed by atoms with Gasteiger partial charge in [0.25, 0.3) is 0 Å². The molecule has 0 aliphatic heterocycles. The minimum absolute atomic E-state index is 0.0346. The lowest BCUT2D eigenvalue weighted by Gasteiger charge is -2.03. The Hall–Kier alpha value is -2.06. The fraction of sp³-hybridized carbons (Fsp3) is 0.118. The van der Waals surface area contributed by atoms with Gasteiger partial charge in [0.15, 0.2) is 5.78 Å².